The average molecular weight is 138 g/mol. The van der Waals surface area contributed by atoms with Crippen LogP contribution in [-0.2, 0) is 11.8 Å². The second-order valence-corrected chi connectivity index (χ2v) is 1.92. The summed E-state index contributed by atoms with van der Waals surface area (Å²) in [5.74, 6) is 0.182. The lowest BCUT2D eigenvalue weighted by molar-refractivity contribution is -0.112. The number of aromatic nitrogens is 2. The smallest absolute Gasteiger partial charge is 0.226 e. The lowest BCUT2D eigenvalue weighted by Gasteiger charge is -1.92. The molecule has 1 radical (unpaired) electrons. The zero-order chi connectivity index (χ0) is 7.56. The van der Waals surface area contributed by atoms with Gasteiger partial charge in [-0.1, -0.05) is 0 Å². The van der Waals surface area contributed by atoms with Gasteiger partial charge in [-0.05, 0) is 0 Å². The van der Waals surface area contributed by atoms with Crippen molar-refractivity contribution in [2.24, 2.45) is 7.05 Å². The van der Waals surface area contributed by atoms with Gasteiger partial charge < -0.3 is 5.32 Å². The summed E-state index contributed by atoms with van der Waals surface area (Å²) in [5.41, 5.74) is 0. The molecule has 4 heteroatoms. The molecule has 0 aliphatic carbocycles. The molecule has 1 amide bonds. The van der Waals surface area contributed by atoms with E-state index in [9.17, 15) is 4.79 Å². The van der Waals surface area contributed by atoms with Crippen LogP contribution < -0.4 is 5.32 Å². The predicted octanol–water partition coefficient (Wildman–Crippen LogP) is 0.193. The molecular formula is C6H8N3O. The first-order valence-electron chi connectivity index (χ1n) is 2.81. The van der Waals surface area contributed by atoms with Crippen LogP contribution in [-0.4, -0.2) is 15.7 Å². The normalized spacial score (nSPS) is 9.40. The highest BCUT2D eigenvalue weighted by Gasteiger charge is 1.95. The van der Waals surface area contributed by atoms with Gasteiger partial charge in [-0.25, -0.2) is 0 Å². The second kappa shape index (κ2) is 2.51. The van der Waals surface area contributed by atoms with Crippen molar-refractivity contribution in [3.63, 3.8) is 0 Å². The minimum absolute atomic E-state index is 0.348. The number of rotatable bonds is 1. The number of amides is 1. The average Bonchev–Trinajstić information content (AvgIpc) is 2.13. The van der Waals surface area contributed by atoms with Crippen LogP contribution in [0.1, 0.15) is 0 Å². The second-order valence-electron chi connectivity index (χ2n) is 1.92. The van der Waals surface area contributed by atoms with Crippen LogP contribution in [0.4, 0.5) is 5.82 Å². The maximum absolute atomic E-state index is 10.4. The molecule has 1 N–H and O–H groups in total. The number of carbonyl (C=O) groups is 1. The molecule has 0 fully saturated rings. The Morgan fingerprint density at radius 1 is 1.90 bits per heavy atom. The van der Waals surface area contributed by atoms with Crippen LogP contribution in [0, 0.1) is 6.92 Å². The van der Waals surface area contributed by atoms with Crippen LogP contribution in [0.3, 0.4) is 0 Å². The molecule has 0 saturated heterocycles. The van der Waals surface area contributed by atoms with E-state index >= 15 is 0 Å². The van der Waals surface area contributed by atoms with Crippen molar-refractivity contribution < 1.29 is 4.79 Å². The minimum Gasteiger partial charge on any atom is -0.309 e. The third-order valence-corrected chi connectivity index (χ3v) is 0.981. The van der Waals surface area contributed by atoms with Crippen molar-refractivity contribution in [2.45, 2.75) is 0 Å². The molecule has 0 unspecified atom stereocenters. The molecule has 0 saturated carbocycles. The first-order valence-corrected chi connectivity index (χ1v) is 2.81. The molecule has 1 rings (SSSR count). The molecule has 1 aromatic rings. The van der Waals surface area contributed by atoms with E-state index in [0.29, 0.717) is 5.82 Å². The highest BCUT2D eigenvalue weighted by atomic mass is 16.1. The van der Waals surface area contributed by atoms with Crippen molar-refractivity contribution in [3.05, 3.63) is 19.2 Å². The Balaban J connectivity index is 2.67. The van der Waals surface area contributed by atoms with Gasteiger partial charge in [0.15, 0.2) is 5.82 Å². The summed E-state index contributed by atoms with van der Waals surface area (Å²) in [6, 6.07) is 1.70. The first-order chi connectivity index (χ1) is 4.68. The molecule has 0 bridgehead atoms. The molecule has 0 aromatic carbocycles. The van der Waals surface area contributed by atoms with Crippen molar-refractivity contribution in [1.82, 2.24) is 9.78 Å². The molecular weight excluding hydrogens is 130 g/mol. The standard InChI is InChI=1S/C6H8N3O/c1-5(10)7-6-3-4-9(2)8-6/h3-4H,1H2,2H3,(H,7,8,10). The van der Waals surface area contributed by atoms with Gasteiger partial charge in [0.05, 0.1) is 0 Å². The number of nitrogens with one attached hydrogen (secondary N) is 1. The summed E-state index contributed by atoms with van der Waals surface area (Å²) < 4.78 is 1.60. The van der Waals surface area contributed by atoms with E-state index in [-0.39, 0.29) is 5.91 Å². The molecule has 0 spiro atoms. The monoisotopic (exact) mass is 138 g/mol. The van der Waals surface area contributed by atoms with Crippen molar-refractivity contribution in [3.8, 4) is 0 Å². The van der Waals surface area contributed by atoms with Crippen LogP contribution in [0.15, 0.2) is 12.3 Å². The van der Waals surface area contributed by atoms with E-state index < -0.39 is 0 Å². The summed E-state index contributed by atoms with van der Waals surface area (Å²) in [6.07, 6.45) is 1.74. The number of anilines is 1. The molecule has 1 aromatic heterocycles. The van der Waals surface area contributed by atoms with Gasteiger partial charge in [-0.3, -0.25) is 9.48 Å². The molecule has 0 atom stereocenters. The first kappa shape index (κ1) is 6.80. The van der Waals surface area contributed by atoms with E-state index in [1.807, 2.05) is 0 Å². The lowest BCUT2D eigenvalue weighted by atomic mass is 10.6. The summed E-state index contributed by atoms with van der Waals surface area (Å²) in [5, 5.41) is 6.34. The molecule has 4 nitrogen and oxygen atoms in total. The summed E-state index contributed by atoms with van der Waals surface area (Å²) in [7, 11) is 1.78. The van der Waals surface area contributed by atoms with E-state index in [2.05, 4.69) is 17.3 Å². The summed E-state index contributed by atoms with van der Waals surface area (Å²) in [4.78, 5) is 10.4. The maximum atomic E-state index is 10.4. The number of nitrogens with zero attached hydrogens (tertiary/aromatic N) is 2. The van der Waals surface area contributed by atoms with Gasteiger partial charge in [0.1, 0.15) is 0 Å². The van der Waals surface area contributed by atoms with Crippen LogP contribution in [0.5, 0.6) is 0 Å². The predicted molar refractivity (Wildman–Crippen MR) is 37.2 cm³/mol. The van der Waals surface area contributed by atoms with Gasteiger partial charge in [0.2, 0.25) is 5.91 Å². The number of aryl methyl sites for hydroxylation is 1. The van der Waals surface area contributed by atoms with Crippen molar-refractivity contribution in [1.29, 1.82) is 0 Å². The zero-order valence-corrected chi connectivity index (χ0v) is 5.66. The van der Waals surface area contributed by atoms with Crippen LogP contribution >= 0.6 is 0 Å². The summed E-state index contributed by atoms with van der Waals surface area (Å²) in [6.45, 7) is 3.14. The number of carbonyl (C=O) groups excluding carboxylic acids is 1. The van der Waals surface area contributed by atoms with E-state index in [1.165, 1.54) is 0 Å². The van der Waals surface area contributed by atoms with Crippen LogP contribution in [0.2, 0.25) is 0 Å². The molecule has 0 aliphatic heterocycles. The number of hydrogen-bond acceptors (Lipinski definition) is 2. The Hall–Kier alpha value is -1.32. The van der Waals surface area contributed by atoms with Gasteiger partial charge in [-0.15, -0.1) is 0 Å². The molecule has 10 heavy (non-hydrogen) atoms. The number of hydrogen-bond donors (Lipinski definition) is 1. The Bertz CT molecular complexity index is 241. The Morgan fingerprint density at radius 2 is 2.60 bits per heavy atom. The van der Waals surface area contributed by atoms with Gasteiger partial charge >= 0.3 is 0 Å². The van der Waals surface area contributed by atoms with Crippen molar-refractivity contribution >= 4 is 11.7 Å². The van der Waals surface area contributed by atoms with Gasteiger partial charge in [0, 0.05) is 26.2 Å². The maximum Gasteiger partial charge on any atom is 0.226 e. The molecule has 1 heterocycles. The Kier molecular flexibility index (Phi) is 1.71. The van der Waals surface area contributed by atoms with E-state index in [4.69, 9.17) is 0 Å². The van der Waals surface area contributed by atoms with E-state index in [0.717, 1.165) is 0 Å². The van der Waals surface area contributed by atoms with Crippen LogP contribution in [0.25, 0.3) is 0 Å². The quantitative estimate of drug-likeness (QED) is 0.602. The van der Waals surface area contributed by atoms with Crippen molar-refractivity contribution in [2.75, 3.05) is 5.32 Å². The Morgan fingerprint density at radius 3 is 3.00 bits per heavy atom. The third-order valence-electron chi connectivity index (χ3n) is 0.981. The largest absolute Gasteiger partial charge is 0.309 e. The van der Waals surface area contributed by atoms with E-state index in [1.54, 1.807) is 24.0 Å². The highest BCUT2D eigenvalue weighted by Crippen LogP contribution is 1.98. The topological polar surface area (TPSA) is 46.9 Å². The molecule has 53 valence electrons. The molecule has 0 aliphatic rings. The summed E-state index contributed by atoms with van der Waals surface area (Å²) >= 11 is 0. The fraction of sp³-hybridized carbons (Fsp3) is 0.167. The Labute approximate surface area is 58.8 Å². The third kappa shape index (κ3) is 1.58. The lowest BCUT2D eigenvalue weighted by Crippen LogP contribution is -2.06. The zero-order valence-electron chi connectivity index (χ0n) is 5.66. The van der Waals surface area contributed by atoms with Gasteiger partial charge in [0.25, 0.3) is 0 Å². The fourth-order valence-corrected chi connectivity index (χ4v) is 0.625. The van der Waals surface area contributed by atoms with Gasteiger partial charge in [-0.2, -0.15) is 5.10 Å². The minimum atomic E-state index is -0.348. The SMILES string of the molecule is [CH2]C(=O)Nc1ccn(C)n1. The fourth-order valence-electron chi connectivity index (χ4n) is 0.625. The highest BCUT2D eigenvalue weighted by molar-refractivity contribution is 5.92.